The topological polar surface area (TPSA) is 62.7 Å². The second-order valence-corrected chi connectivity index (χ2v) is 6.17. The van der Waals surface area contributed by atoms with Crippen molar-refractivity contribution in [3.63, 3.8) is 0 Å². The quantitative estimate of drug-likeness (QED) is 0.918. The average molecular weight is 318 g/mol. The van der Waals surface area contributed by atoms with E-state index in [2.05, 4.69) is 4.98 Å². The van der Waals surface area contributed by atoms with Crippen molar-refractivity contribution in [1.29, 1.82) is 0 Å². The number of carboxylic acids is 1. The van der Waals surface area contributed by atoms with Gasteiger partial charge >= 0.3 is 5.97 Å². The van der Waals surface area contributed by atoms with Gasteiger partial charge in [-0.15, -0.1) is 11.3 Å². The van der Waals surface area contributed by atoms with E-state index in [-0.39, 0.29) is 6.04 Å². The Kier molecular flexibility index (Phi) is 4.40. The van der Waals surface area contributed by atoms with Gasteiger partial charge in [0.05, 0.1) is 18.4 Å². The molecule has 1 aliphatic heterocycles. The first-order valence-corrected chi connectivity index (χ1v) is 8.11. The first-order chi connectivity index (χ1) is 10.7. The lowest BCUT2D eigenvalue weighted by atomic mass is 10.2. The third-order valence-electron chi connectivity index (χ3n) is 3.90. The van der Waals surface area contributed by atoms with Gasteiger partial charge in [-0.25, -0.2) is 4.98 Å². The van der Waals surface area contributed by atoms with Crippen molar-refractivity contribution in [3.05, 3.63) is 35.3 Å². The van der Waals surface area contributed by atoms with Crippen molar-refractivity contribution >= 4 is 17.3 Å². The smallest absolute Gasteiger partial charge is 0.320 e. The summed E-state index contributed by atoms with van der Waals surface area (Å²) in [5.74, 6) is 0.0608. The number of carboxylic acid groups (broad SMARTS) is 1. The zero-order chi connectivity index (χ0) is 15.5. The number of likely N-dealkylation sites (tertiary alicyclic amines) is 1. The Bertz CT molecular complexity index is 671. The second kappa shape index (κ2) is 6.46. The highest BCUT2D eigenvalue weighted by atomic mass is 32.1. The van der Waals surface area contributed by atoms with E-state index in [9.17, 15) is 9.90 Å². The summed E-state index contributed by atoms with van der Waals surface area (Å²) in [6.07, 6.45) is 1.65. The van der Waals surface area contributed by atoms with Crippen molar-refractivity contribution in [2.75, 3.05) is 13.7 Å². The van der Waals surface area contributed by atoms with Crippen LogP contribution in [0.3, 0.4) is 0 Å². The summed E-state index contributed by atoms with van der Waals surface area (Å²) < 4.78 is 5.37. The summed E-state index contributed by atoms with van der Waals surface area (Å²) in [5.41, 5.74) is 1.89. The molecule has 1 unspecified atom stereocenters. The molecule has 2 heterocycles. The zero-order valence-electron chi connectivity index (χ0n) is 12.4. The first kappa shape index (κ1) is 15.0. The van der Waals surface area contributed by atoms with Crippen LogP contribution in [0.15, 0.2) is 29.6 Å². The maximum atomic E-state index is 11.2. The molecule has 0 aliphatic carbocycles. The summed E-state index contributed by atoms with van der Waals surface area (Å²) in [6.45, 7) is 1.40. The van der Waals surface area contributed by atoms with E-state index in [1.165, 1.54) is 0 Å². The Hall–Kier alpha value is -1.92. The van der Waals surface area contributed by atoms with E-state index in [1.807, 2.05) is 34.5 Å². The van der Waals surface area contributed by atoms with Crippen LogP contribution >= 0.6 is 11.3 Å². The standard InChI is InChI=1S/C16H18N2O3S/c1-21-14-7-3-2-5-12(14)15-17-11(10-22-15)9-18-8-4-6-13(18)16(19)20/h2-3,5,7,10,13H,4,6,8-9H2,1H3,(H,19,20). The molecule has 116 valence electrons. The average Bonchev–Trinajstić information content (AvgIpc) is 3.17. The molecule has 1 atom stereocenters. The molecule has 1 aromatic carbocycles. The number of aromatic nitrogens is 1. The molecule has 6 heteroatoms. The third kappa shape index (κ3) is 2.98. The fraction of sp³-hybridized carbons (Fsp3) is 0.375. The fourth-order valence-electron chi connectivity index (χ4n) is 2.83. The van der Waals surface area contributed by atoms with Gasteiger partial charge in [0.25, 0.3) is 0 Å². The maximum Gasteiger partial charge on any atom is 0.320 e. The molecule has 2 aromatic rings. The number of benzene rings is 1. The van der Waals surface area contributed by atoms with Crippen molar-refractivity contribution in [2.24, 2.45) is 0 Å². The van der Waals surface area contributed by atoms with Gasteiger partial charge in [0.2, 0.25) is 0 Å². The number of thiazole rings is 1. The van der Waals surface area contributed by atoms with Crippen LogP contribution in [0.25, 0.3) is 10.6 Å². The number of carbonyl (C=O) groups is 1. The molecule has 1 aromatic heterocycles. The number of rotatable bonds is 5. The molecule has 1 aliphatic rings. The second-order valence-electron chi connectivity index (χ2n) is 5.31. The van der Waals surface area contributed by atoms with E-state index in [4.69, 9.17) is 4.74 Å². The van der Waals surface area contributed by atoms with Crippen LogP contribution in [0.1, 0.15) is 18.5 Å². The molecule has 0 radical (unpaired) electrons. The number of methoxy groups -OCH3 is 1. The van der Waals surface area contributed by atoms with Crippen LogP contribution in [0.2, 0.25) is 0 Å². The summed E-state index contributed by atoms with van der Waals surface area (Å²) in [6, 6.07) is 7.41. The van der Waals surface area contributed by atoms with Gasteiger partial charge < -0.3 is 9.84 Å². The normalized spacial score (nSPS) is 18.5. The summed E-state index contributed by atoms with van der Waals surface area (Å²) >= 11 is 1.56. The zero-order valence-corrected chi connectivity index (χ0v) is 13.2. The molecule has 0 amide bonds. The lowest BCUT2D eigenvalue weighted by Crippen LogP contribution is -2.35. The number of para-hydroxylation sites is 1. The predicted molar refractivity (Wildman–Crippen MR) is 85.2 cm³/mol. The van der Waals surface area contributed by atoms with Crippen LogP contribution in [-0.4, -0.2) is 40.7 Å². The minimum Gasteiger partial charge on any atom is -0.496 e. The molecule has 1 fully saturated rings. The van der Waals surface area contributed by atoms with Gasteiger partial charge in [0, 0.05) is 11.9 Å². The van der Waals surface area contributed by atoms with Gasteiger partial charge in [-0.2, -0.15) is 0 Å². The molecule has 0 spiro atoms. The lowest BCUT2D eigenvalue weighted by molar-refractivity contribution is -0.142. The molecule has 5 nitrogen and oxygen atoms in total. The summed E-state index contributed by atoms with van der Waals surface area (Å²) in [5, 5.41) is 12.1. The Morgan fingerprint density at radius 1 is 1.50 bits per heavy atom. The number of nitrogens with zero attached hydrogens (tertiary/aromatic N) is 2. The van der Waals surface area contributed by atoms with Gasteiger partial charge in [-0.3, -0.25) is 9.69 Å². The van der Waals surface area contributed by atoms with Crippen LogP contribution < -0.4 is 4.74 Å². The molecule has 0 saturated carbocycles. The third-order valence-corrected chi connectivity index (χ3v) is 4.83. The fourth-order valence-corrected chi connectivity index (χ4v) is 3.67. The highest BCUT2D eigenvalue weighted by molar-refractivity contribution is 7.13. The lowest BCUT2D eigenvalue weighted by Gasteiger charge is -2.19. The summed E-state index contributed by atoms with van der Waals surface area (Å²) in [7, 11) is 1.65. The number of hydrogen-bond acceptors (Lipinski definition) is 5. The van der Waals surface area contributed by atoms with Crippen LogP contribution in [0, 0.1) is 0 Å². The molecular weight excluding hydrogens is 300 g/mol. The monoisotopic (exact) mass is 318 g/mol. The van der Waals surface area contributed by atoms with E-state index < -0.39 is 5.97 Å². The molecule has 0 bridgehead atoms. The Labute approximate surface area is 133 Å². The number of hydrogen-bond donors (Lipinski definition) is 1. The molecule has 3 rings (SSSR count). The molecule has 1 saturated heterocycles. The maximum absolute atomic E-state index is 11.2. The Balaban J connectivity index is 1.78. The summed E-state index contributed by atoms with van der Waals surface area (Å²) in [4.78, 5) is 17.9. The van der Waals surface area contributed by atoms with Crippen LogP contribution in [0.5, 0.6) is 5.75 Å². The van der Waals surface area contributed by atoms with Gasteiger partial charge in [0.1, 0.15) is 16.8 Å². The van der Waals surface area contributed by atoms with E-state index >= 15 is 0 Å². The Morgan fingerprint density at radius 3 is 3.09 bits per heavy atom. The molecule has 1 N–H and O–H groups in total. The van der Waals surface area contributed by atoms with E-state index in [1.54, 1.807) is 18.4 Å². The van der Waals surface area contributed by atoms with Gasteiger partial charge in [-0.05, 0) is 31.5 Å². The highest BCUT2D eigenvalue weighted by Gasteiger charge is 2.30. The van der Waals surface area contributed by atoms with Gasteiger partial charge in [0.15, 0.2) is 0 Å². The largest absolute Gasteiger partial charge is 0.496 e. The molecular formula is C16H18N2O3S. The van der Waals surface area contributed by atoms with Crippen molar-refractivity contribution in [1.82, 2.24) is 9.88 Å². The van der Waals surface area contributed by atoms with Crippen molar-refractivity contribution < 1.29 is 14.6 Å². The predicted octanol–water partition coefficient (Wildman–Crippen LogP) is 2.87. The SMILES string of the molecule is COc1ccccc1-c1nc(CN2CCCC2C(=O)O)cs1. The van der Waals surface area contributed by atoms with Crippen LogP contribution in [-0.2, 0) is 11.3 Å². The van der Waals surface area contributed by atoms with Crippen LogP contribution in [0.4, 0.5) is 0 Å². The Morgan fingerprint density at radius 2 is 2.32 bits per heavy atom. The van der Waals surface area contributed by atoms with E-state index in [0.29, 0.717) is 6.54 Å². The highest BCUT2D eigenvalue weighted by Crippen LogP contribution is 2.32. The van der Waals surface area contributed by atoms with Crippen molar-refractivity contribution in [3.8, 4) is 16.3 Å². The number of ether oxygens (including phenoxy) is 1. The molecule has 22 heavy (non-hydrogen) atoms. The van der Waals surface area contributed by atoms with Crippen molar-refractivity contribution in [2.45, 2.75) is 25.4 Å². The minimum absolute atomic E-state index is 0.378. The van der Waals surface area contributed by atoms with E-state index in [0.717, 1.165) is 41.4 Å². The number of aliphatic carboxylic acids is 1. The minimum atomic E-state index is -0.738. The first-order valence-electron chi connectivity index (χ1n) is 7.23. The van der Waals surface area contributed by atoms with Gasteiger partial charge in [-0.1, -0.05) is 12.1 Å².